The first kappa shape index (κ1) is 34.5. The zero-order valence-corrected chi connectivity index (χ0v) is 27.6. The van der Waals surface area contributed by atoms with Gasteiger partial charge < -0.3 is 14.2 Å². The number of nitro groups is 1. The van der Waals surface area contributed by atoms with E-state index in [1.807, 2.05) is 6.07 Å². The average Bonchev–Trinajstić information content (AvgIpc) is 3.31. The molecular weight excluding hydrogens is 629 g/mol. The molecule has 3 aromatic carbocycles. The van der Waals surface area contributed by atoms with E-state index in [0.717, 1.165) is 29.7 Å². The van der Waals surface area contributed by atoms with E-state index in [9.17, 15) is 32.9 Å². The largest absolute Gasteiger partial charge is 0.496 e. The number of nitrogens with zero attached hydrogens (tertiary/aromatic N) is 2. The van der Waals surface area contributed by atoms with Gasteiger partial charge in [0.05, 0.1) is 41.9 Å². The predicted molar refractivity (Wildman–Crippen MR) is 173 cm³/mol. The molecule has 1 aliphatic carbocycles. The second-order valence-electron chi connectivity index (χ2n) is 13.1. The molecule has 1 amide bonds. The van der Waals surface area contributed by atoms with E-state index < -0.39 is 40.9 Å². The summed E-state index contributed by atoms with van der Waals surface area (Å²) >= 11 is 0. The van der Waals surface area contributed by atoms with Gasteiger partial charge >= 0.3 is 18.2 Å². The number of methoxy groups -OCH3 is 2. The van der Waals surface area contributed by atoms with Crippen molar-refractivity contribution in [3.63, 3.8) is 0 Å². The summed E-state index contributed by atoms with van der Waals surface area (Å²) in [5.74, 6) is -0.158. The number of aryl methyl sites for hydroxylation is 1. The molecule has 0 spiro atoms. The number of hydrogen-bond donors (Lipinski definition) is 0. The van der Waals surface area contributed by atoms with E-state index in [1.165, 1.54) is 32.4 Å². The summed E-state index contributed by atoms with van der Waals surface area (Å²) in [6.07, 6.45) is -4.01. The van der Waals surface area contributed by atoms with Crippen LogP contribution in [0.3, 0.4) is 0 Å². The Morgan fingerprint density at radius 1 is 1.08 bits per heavy atom. The molecule has 3 aromatic rings. The summed E-state index contributed by atoms with van der Waals surface area (Å²) < 4.78 is 57.0. The molecule has 0 saturated carbocycles. The van der Waals surface area contributed by atoms with Gasteiger partial charge in [-0.2, -0.15) is 13.2 Å². The third-order valence-electron chi connectivity index (χ3n) is 9.13. The quantitative estimate of drug-likeness (QED) is 0.134. The number of esters is 1. The van der Waals surface area contributed by atoms with Crippen molar-refractivity contribution in [2.45, 2.75) is 65.3 Å². The Hall–Kier alpha value is -4.87. The molecule has 0 radical (unpaired) electrons. The topological polar surface area (TPSA) is 108 Å². The Kier molecular flexibility index (Phi) is 9.31. The van der Waals surface area contributed by atoms with Gasteiger partial charge in [0, 0.05) is 18.2 Å². The molecule has 9 nitrogen and oxygen atoms in total. The Morgan fingerprint density at radius 3 is 2.46 bits per heavy atom. The van der Waals surface area contributed by atoms with Crippen LogP contribution in [0.4, 0.5) is 23.7 Å². The van der Waals surface area contributed by atoms with Crippen molar-refractivity contribution in [1.29, 1.82) is 0 Å². The van der Waals surface area contributed by atoms with Crippen LogP contribution in [0, 0.1) is 22.5 Å². The van der Waals surface area contributed by atoms with Gasteiger partial charge in [-0.25, -0.2) is 9.59 Å². The molecule has 1 saturated heterocycles. The van der Waals surface area contributed by atoms with Gasteiger partial charge in [-0.05, 0) is 97.2 Å². The molecule has 254 valence electrons. The number of nitro benzene ring substituents is 1. The van der Waals surface area contributed by atoms with Crippen molar-refractivity contribution >= 4 is 23.3 Å². The van der Waals surface area contributed by atoms with Crippen LogP contribution in [0.25, 0.3) is 16.7 Å². The van der Waals surface area contributed by atoms with Crippen LogP contribution in [0.2, 0.25) is 0 Å². The fraction of sp³-hybridized carbons (Fsp3) is 0.389. The number of benzene rings is 3. The minimum absolute atomic E-state index is 0.0476. The summed E-state index contributed by atoms with van der Waals surface area (Å²) in [4.78, 5) is 38.5. The number of hydrogen-bond acceptors (Lipinski definition) is 7. The lowest BCUT2D eigenvalue weighted by molar-refractivity contribution is -0.384. The molecule has 1 aliphatic heterocycles. The lowest BCUT2D eigenvalue weighted by atomic mass is 9.72. The first-order valence-electron chi connectivity index (χ1n) is 15.5. The molecule has 2 atom stereocenters. The highest BCUT2D eigenvalue weighted by Gasteiger charge is 2.42. The van der Waals surface area contributed by atoms with Gasteiger partial charge in [0.25, 0.3) is 5.69 Å². The molecule has 12 heteroatoms. The number of cyclic esters (lactones) is 1. The van der Waals surface area contributed by atoms with Crippen LogP contribution in [0.5, 0.6) is 5.75 Å². The first-order valence-corrected chi connectivity index (χ1v) is 15.5. The molecular formula is C36H37F3N2O7. The Balaban J connectivity index is 1.56. The monoisotopic (exact) mass is 666 g/mol. The Bertz CT molecular complexity index is 1820. The standard InChI is InChI=1S/C36H37F3N2O7/c1-20-13-24(15-26(14-20)36(37,38)39)32-21(2)40(34(43)48-32)19-25-18-35(3,4)12-11-27(25)29-16-22(8-10-31(29)46-5)28-9-7-23(33(42)47-6)17-30(28)41(44)45/h7-10,13-17,21,32H,11-12,18-19H2,1-6H3/t21-,32-/m0/s1. The summed E-state index contributed by atoms with van der Waals surface area (Å²) in [5.41, 5.74) is 2.93. The number of allylic oxidation sites excluding steroid dienone is 1. The normalized spacial score (nSPS) is 19.3. The van der Waals surface area contributed by atoms with Crippen molar-refractivity contribution in [3.8, 4) is 16.9 Å². The van der Waals surface area contributed by atoms with Crippen molar-refractivity contribution in [3.05, 3.63) is 98.1 Å². The molecule has 0 N–H and O–H groups in total. The van der Waals surface area contributed by atoms with Crippen LogP contribution < -0.4 is 4.74 Å². The van der Waals surface area contributed by atoms with E-state index in [0.29, 0.717) is 40.8 Å². The second kappa shape index (κ2) is 13.0. The van der Waals surface area contributed by atoms with Crippen molar-refractivity contribution in [2.24, 2.45) is 5.41 Å². The van der Waals surface area contributed by atoms with Gasteiger partial charge in [0.15, 0.2) is 0 Å². The third kappa shape index (κ3) is 6.88. The summed E-state index contributed by atoms with van der Waals surface area (Å²) in [6, 6.07) is 12.5. The number of amides is 1. The lowest BCUT2D eigenvalue weighted by Gasteiger charge is -2.36. The second-order valence-corrected chi connectivity index (χ2v) is 13.1. The number of alkyl halides is 3. The van der Waals surface area contributed by atoms with Gasteiger partial charge in [0.1, 0.15) is 11.9 Å². The summed E-state index contributed by atoms with van der Waals surface area (Å²) in [7, 11) is 2.73. The van der Waals surface area contributed by atoms with Crippen LogP contribution in [0.15, 0.2) is 60.2 Å². The Morgan fingerprint density at radius 2 is 1.81 bits per heavy atom. The van der Waals surface area contributed by atoms with Crippen molar-refractivity contribution < 1.29 is 41.9 Å². The zero-order chi connectivity index (χ0) is 35.1. The highest BCUT2D eigenvalue weighted by atomic mass is 19.4. The maximum atomic E-state index is 13.6. The molecule has 5 rings (SSSR count). The van der Waals surface area contributed by atoms with Crippen molar-refractivity contribution in [1.82, 2.24) is 4.90 Å². The van der Waals surface area contributed by atoms with Crippen LogP contribution in [0.1, 0.15) is 78.7 Å². The maximum Gasteiger partial charge on any atom is 0.416 e. The fourth-order valence-corrected chi connectivity index (χ4v) is 6.68. The SMILES string of the molecule is COC(=O)c1ccc(-c2ccc(OC)c(C3=C(CN4C(=O)O[C@H](c5cc(C)cc(C(F)(F)F)c5)[C@@H]4C)CC(C)(C)CC3)c2)c([N+](=O)[O-])c1. The van der Waals surface area contributed by atoms with Gasteiger partial charge in [-0.15, -0.1) is 0 Å². The summed E-state index contributed by atoms with van der Waals surface area (Å²) in [5, 5.41) is 12.1. The minimum atomic E-state index is -4.54. The minimum Gasteiger partial charge on any atom is -0.496 e. The molecule has 1 fully saturated rings. The van der Waals surface area contributed by atoms with Crippen LogP contribution in [-0.4, -0.2) is 48.7 Å². The number of ether oxygens (including phenoxy) is 3. The zero-order valence-electron chi connectivity index (χ0n) is 27.6. The van der Waals surface area contributed by atoms with E-state index in [-0.39, 0.29) is 28.8 Å². The number of rotatable bonds is 8. The highest BCUT2D eigenvalue weighted by molar-refractivity contribution is 5.92. The fourth-order valence-electron chi connectivity index (χ4n) is 6.68. The molecule has 0 bridgehead atoms. The van der Waals surface area contributed by atoms with Crippen LogP contribution >= 0.6 is 0 Å². The van der Waals surface area contributed by atoms with Crippen LogP contribution in [-0.2, 0) is 15.7 Å². The maximum absolute atomic E-state index is 13.6. The number of halogens is 3. The van der Waals surface area contributed by atoms with E-state index >= 15 is 0 Å². The number of carbonyl (C=O) groups excluding carboxylic acids is 2. The molecule has 0 unspecified atom stereocenters. The lowest BCUT2D eigenvalue weighted by Crippen LogP contribution is -2.35. The highest BCUT2D eigenvalue weighted by Crippen LogP contribution is 2.47. The van der Waals surface area contributed by atoms with E-state index in [1.54, 1.807) is 36.9 Å². The van der Waals surface area contributed by atoms with Crippen molar-refractivity contribution in [2.75, 3.05) is 20.8 Å². The Labute approximate surface area is 276 Å². The first-order chi connectivity index (χ1) is 22.5. The molecule has 2 aliphatic rings. The molecule has 0 aromatic heterocycles. The average molecular weight is 667 g/mol. The van der Waals surface area contributed by atoms with Gasteiger partial charge in [-0.3, -0.25) is 15.0 Å². The van der Waals surface area contributed by atoms with Gasteiger partial charge in [-0.1, -0.05) is 31.5 Å². The van der Waals surface area contributed by atoms with E-state index in [4.69, 9.17) is 14.2 Å². The van der Waals surface area contributed by atoms with E-state index in [2.05, 4.69) is 13.8 Å². The van der Waals surface area contributed by atoms with Gasteiger partial charge in [0.2, 0.25) is 0 Å². The predicted octanol–water partition coefficient (Wildman–Crippen LogP) is 8.93. The molecule has 1 heterocycles. The number of carbonyl (C=O) groups is 2. The smallest absolute Gasteiger partial charge is 0.416 e. The summed E-state index contributed by atoms with van der Waals surface area (Å²) in [6.45, 7) is 7.77. The molecule has 48 heavy (non-hydrogen) atoms. The third-order valence-corrected chi connectivity index (χ3v) is 9.13.